The summed E-state index contributed by atoms with van der Waals surface area (Å²) < 4.78 is 7.85. The minimum Gasteiger partial charge on any atom is -0.470 e. The van der Waals surface area contributed by atoms with Crippen LogP contribution in [0.3, 0.4) is 0 Å². The van der Waals surface area contributed by atoms with Crippen LogP contribution in [-0.2, 0) is 0 Å². The van der Waals surface area contributed by atoms with E-state index in [0.717, 1.165) is 12.8 Å². The van der Waals surface area contributed by atoms with Crippen molar-refractivity contribution >= 4 is 5.65 Å². The summed E-state index contributed by atoms with van der Waals surface area (Å²) in [6, 6.07) is 0.392. The fraction of sp³-hybridized carbons (Fsp3) is 0.583. The van der Waals surface area contributed by atoms with Crippen molar-refractivity contribution in [2.24, 2.45) is 0 Å². The van der Waals surface area contributed by atoms with E-state index in [1.807, 2.05) is 17.6 Å². The average molecular weight is 247 g/mol. The molecule has 2 aromatic heterocycles. The molecule has 0 amide bonds. The molecule has 18 heavy (non-hydrogen) atoms. The van der Waals surface area contributed by atoms with Crippen LogP contribution in [0.15, 0.2) is 18.7 Å². The Morgan fingerprint density at radius 1 is 1.39 bits per heavy atom. The second kappa shape index (κ2) is 4.89. The maximum Gasteiger partial charge on any atom is 0.260 e. The molecule has 0 spiro atoms. The van der Waals surface area contributed by atoms with Gasteiger partial charge in [0.1, 0.15) is 12.4 Å². The smallest absolute Gasteiger partial charge is 0.260 e. The van der Waals surface area contributed by atoms with E-state index in [4.69, 9.17) is 4.74 Å². The van der Waals surface area contributed by atoms with Gasteiger partial charge in [0.25, 0.3) is 5.88 Å². The quantitative estimate of drug-likeness (QED) is 0.877. The Morgan fingerprint density at radius 2 is 2.28 bits per heavy atom. The molecule has 0 bridgehead atoms. The fourth-order valence-electron chi connectivity index (χ4n) is 2.53. The van der Waals surface area contributed by atoms with Crippen molar-refractivity contribution in [3.63, 3.8) is 0 Å². The Kier molecular flexibility index (Phi) is 3.10. The van der Waals surface area contributed by atoms with Crippen LogP contribution in [0.25, 0.3) is 5.65 Å². The van der Waals surface area contributed by atoms with Crippen molar-refractivity contribution in [2.45, 2.75) is 37.8 Å². The second-order valence-corrected chi connectivity index (χ2v) is 4.63. The van der Waals surface area contributed by atoms with Crippen LogP contribution in [0.2, 0.25) is 0 Å². The van der Waals surface area contributed by atoms with E-state index in [0.29, 0.717) is 17.6 Å². The van der Waals surface area contributed by atoms with Crippen LogP contribution in [-0.4, -0.2) is 38.8 Å². The molecular weight excluding hydrogens is 230 g/mol. The van der Waals surface area contributed by atoms with E-state index in [9.17, 15) is 0 Å². The number of hydrogen-bond acceptors (Lipinski definition) is 5. The predicted octanol–water partition coefficient (Wildman–Crippen LogP) is 1.03. The summed E-state index contributed by atoms with van der Waals surface area (Å²) in [4.78, 5) is 4.27. The zero-order valence-electron chi connectivity index (χ0n) is 10.4. The minimum atomic E-state index is 0.166. The summed E-state index contributed by atoms with van der Waals surface area (Å²) in [5.74, 6) is 0.571. The first-order chi connectivity index (χ1) is 8.88. The van der Waals surface area contributed by atoms with Crippen molar-refractivity contribution < 1.29 is 4.74 Å². The van der Waals surface area contributed by atoms with Gasteiger partial charge in [0.05, 0.1) is 0 Å². The summed E-state index contributed by atoms with van der Waals surface area (Å²) in [7, 11) is 1.98. The van der Waals surface area contributed by atoms with Gasteiger partial charge in [0, 0.05) is 18.4 Å². The van der Waals surface area contributed by atoms with Crippen LogP contribution < -0.4 is 10.1 Å². The third-order valence-corrected chi connectivity index (χ3v) is 3.52. The molecule has 1 aliphatic carbocycles. The molecule has 1 aliphatic rings. The lowest BCUT2D eigenvalue weighted by molar-refractivity contribution is 0.114. The van der Waals surface area contributed by atoms with E-state index >= 15 is 0 Å². The first-order valence-electron chi connectivity index (χ1n) is 6.37. The highest BCUT2D eigenvalue weighted by atomic mass is 16.5. The van der Waals surface area contributed by atoms with Crippen molar-refractivity contribution in [1.29, 1.82) is 0 Å². The number of aromatic nitrogens is 4. The normalized spacial score (nSPS) is 24.3. The lowest BCUT2D eigenvalue weighted by Crippen LogP contribution is -2.43. The van der Waals surface area contributed by atoms with E-state index in [2.05, 4.69) is 20.5 Å². The molecule has 2 unspecified atom stereocenters. The van der Waals surface area contributed by atoms with Gasteiger partial charge in [0.2, 0.25) is 5.65 Å². The van der Waals surface area contributed by atoms with Gasteiger partial charge in [-0.15, -0.1) is 10.2 Å². The molecule has 0 aromatic carbocycles. The Balaban J connectivity index is 1.84. The van der Waals surface area contributed by atoms with Crippen LogP contribution in [0, 0.1) is 0 Å². The SMILES string of the molecule is CNC1CCCCC1Oc1nccn2cnnc12. The molecule has 0 saturated heterocycles. The number of nitrogens with zero attached hydrogens (tertiary/aromatic N) is 4. The molecule has 3 rings (SSSR count). The van der Waals surface area contributed by atoms with Gasteiger partial charge < -0.3 is 10.1 Å². The summed E-state index contributed by atoms with van der Waals surface area (Å²) in [5, 5.41) is 11.2. The van der Waals surface area contributed by atoms with Crippen molar-refractivity contribution in [2.75, 3.05) is 7.05 Å². The van der Waals surface area contributed by atoms with Crippen molar-refractivity contribution in [3.05, 3.63) is 18.7 Å². The number of nitrogens with one attached hydrogen (secondary N) is 1. The lowest BCUT2D eigenvalue weighted by Gasteiger charge is -2.31. The van der Waals surface area contributed by atoms with Gasteiger partial charge in [-0.05, 0) is 26.3 Å². The molecule has 0 aliphatic heterocycles. The number of hydrogen-bond donors (Lipinski definition) is 1. The molecule has 1 saturated carbocycles. The third-order valence-electron chi connectivity index (χ3n) is 3.52. The lowest BCUT2D eigenvalue weighted by atomic mass is 9.92. The first-order valence-corrected chi connectivity index (χ1v) is 6.37. The van der Waals surface area contributed by atoms with Crippen LogP contribution >= 0.6 is 0 Å². The van der Waals surface area contributed by atoms with E-state index in [1.165, 1.54) is 12.8 Å². The zero-order chi connectivity index (χ0) is 12.4. The monoisotopic (exact) mass is 247 g/mol. The standard InChI is InChI=1S/C12H17N5O/c1-13-9-4-2-3-5-10(9)18-12-11-16-15-8-17(11)7-6-14-12/h6-10,13H,2-5H2,1H3. The molecule has 96 valence electrons. The highest BCUT2D eigenvalue weighted by Crippen LogP contribution is 2.24. The van der Waals surface area contributed by atoms with E-state index < -0.39 is 0 Å². The molecule has 6 heteroatoms. The summed E-state index contributed by atoms with van der Waals surface area (Å²) >= 11 is 0. The largest absolute Gasteiger partial charge is 0.470 e. The van der Waals surface area contributed by atoms with Gasteiger partial charge in [-0.2, -0.15) is 0 Å². The Labute approximate surface area is 105 Å². The first kappa shape index (κ1) is 11.4. The molecule has 6 nitrogen and oxygen atoms in total. The van der Waals surface area contributed by atoms with Gasteiger partial charge in [-0.1, -0.05) is 6.42 Å². The van der Waals surface area contributed by atoms with E-state index in [-0.39, 0.29) is 6.10 Å². The Bertz CT molecular complexity index is 526. The third kappa shape index (κ3) is 2.03. The molecule has 1 N–H and O–H groups in total. The molecule has 1 fully saturated rings. The molecule has 2 heterocycles. The summed E-state index contributed by atoms with van der Waals surface area (Å²) in [6.45, 7) is 0. The van der Waals surface area contributed by atoms with Gasteiger partial charge in [0.15, 0.2) is 0 Å². The fourth-order valence-corrected chi connectivity index (χ4v) is 2.53. The maximum atomic E-state index is 6.03. The summed E-state index contributed by atoms with van der Waals surface area (Å²) in [5.41, 5.74) is 0.679. The van der Waals surface area contributed by atoms with Crippen molar-refractivity contribution in [3.8, 4) is 5.88 Å². The van der Waals surface area contributed by atoms with Crippen LogP contribution in [0.4, 0.5) is 0 Å². The highest BCUT2D eigenvalue weighted by Gasteiger charge is 2.26. The molecule has 2 atom stereocenters. The van der Waals surface area contributed by atoms with Crippen LogP contribution in [0.5, 0.6) is 5.88 Å². The number of ether oxygens (including phenoxy) is 1. The van der Waals surface area contributed by atoms with Gasteiger partial charge in [-0.3, -0.25) is 4.40 Å². The zero-order valence-corrected chi connectivity index (χ0v) is 10.4. The predicted molar refractivity (Wildman–Crippen MR) is 66.5 cm³/mol. The topological polar surface area (TPSA) is 64.3 Å². The van der Waals surface area contributed by atoms with Gasteiger partial charge >= 0.3 is 0 Å². The van der Waals surface area contributed by atoms with Crippen molar-refractivity contribution in [1.82, 2.24) is 24.9 Å². The molecular formula is C12H17N5O. The summed E-state index contributed by atoms with van der Waals surface area (Å²) in [6.07, 6.45) is 10.0. The number of rotatable bonds is 3. The molecule has 0 radical (unpaired) electrons. The second-order valence-electron chi connectivity index (χ2n) is 4.63. The number of fused-ring (bicyclic) bond motifs is 1. The van der Waals surface area contributed by atoms with E-state index in [1.54, 1.807) is 12.5 Å². The average Bonchev–Trinajstić information content (AvgIpc) is 2.89. The Morgan fingerprint density at radius 3 is 3.17 bits per heavy atom. The Hall–Kier alpha value is -1.69. The number of likely N-dealkylation sites (N-methyl/N-ethyl adjacent to an activating group) is 1. The maximum absolute atomic E-state index is 6.03. The highest BCUT2D eigenvalue weighted by molar-refractivity contribution is 5.47. The molecule has 2 aromatic rings. The minimum absolute atomic E-state index is 0.166. The van der Waals surface area contributed by atoms with Crippen LogP contribution in [0.1, 0.15) is 25.7 Å². The van der Waals surface area contributed by atoms with Gasteiger partial charge in [-0.25, -0.2) is 4.98 Å².